The second kappa shape index (κ2) is 6.80. The Bertz CT molecular complexity index is 1140. The molecule has 0 bridgehead atoms. The van der Waals surface area contributed by atoms with Crippen LogP contribution in [0.3, 0.4) is 0 Å². The summed E-state index contributed by atoms with van der Waals surface area (Å²) in [7, 11) is 0.431. The predicted octanol–water partition coefficient (Wildman–Crippen LogP) is 4.80. The number of para-hydroxylation sites is 2. The van der Waals surface area contributed by atoms with Gasteiger partial charge in [0, 0.05) is 16.3 Å². The smallest absolute Gasteiger partial charge is 0.309 e. The van der Waals surface area contributed by atoms with Gasteiger partial charge in [0.25, 0.3) is 0 Å². The van der Waals surface area contributed by atoms with E-state index in [-0.39, 0.29) is 0 Å². The molecule has 0 saturated heterocycles. The zero-order chi connectivity index (χ0) is 19.9. The predicted molar refractivity (Wildman–Crippen MR) is 117 cm³/mol. The molecule has 0 amide bonds. The monoisotopic (exact) mass is 372 g/mol. The molecule has 0 aliphatic heterocycles. The first-order chi connectivity index (χ1) is 13.3. The van der Waals surface area contributed by atoms with Crippen molar-refractivity contribution >= 4 is 34.9 Å². The van der Waals surface area contributed by atoms with E-state index in [1.165, 1.54) is 0 Å². The Morgan fingerprint density at radius 2 is 1.57 bits per heavy atom. The fourth-order valence-corrected chi connectivity index (χ4v) is 3.24. The highest BCUT2D eigenvalue weighted by Crippen LogP contribution is 2.35. The van der Waals surface area contributed by atoms with Crippen molar-refractivity contribution in [3.8, 4) is 11.1 Å². The molecule has 0 saturated carbocycles. The summed E-state index contributed by atoms with van der Waals surface area (Å²) < 4.78 is 12.2. The van der Waals surface area contributed by atoms with Crippen LogP contribution in [-0.4, -0.2) is 23.8 Å². The van der Waals surface area contributed by atoms with E-state index in [1.54, 1.807) is 13.8 Å². The minimum absolute atomic E-state index is 0.431. The van der Waals surface area contributed by atoms with Gasteiger partial charge in [0.05, 0.1) is 11.2 Å². The molecule has 0 fully saturated rings. The van der Waals surface area contributed by atoms with Crippen LogP contribution in [0.2, 0.25) is 0 Å². The number of fused-ring (bicyclic) bond motifs is 3. The molecule has 3 aromatic carbocycles. The van der Waals surface area contributed by atoms with Gasteiger partial charge in [-0.3, -0.25) is 0 Å². The molecule has 3 nitrogen and oxygen atoms in total. The second-order valence-corrected chi connectivity index (χ2v) is 8.34. The molecule has 0 aliphatic carbocycles. The summed E-state index contributed by atoms with van der Waals surface area (Å²) in [5.41, 5.74) is 3.44. The summed E-state index contributed by atoms with van der Waals surface area (Å²) >= 11 is 0. The van der Waals surface area contributed by atoms with Gasteiger partial charge in [-0.1, -0.05) is 66.1 Å². The molecule has 4 heteroatoms. The summed E-state index contributed by atoms with van der Waals surface area (Å²) in [6.07, 6.45) is 0. The summed E-state index contributed by atoms with van der Waals surface area (Å²) in [5.74, 6) is 0. The minimum atomic E-state index is -0.926. The van der Waals surface area contributed by atoms with Crippen LogP contribution in [0.4, 0.5) is 0 Å². The van der Waals surface area contributed by atoms with Crippen molar-refractivity contribution in [3.63, 3.8) is 0 Å². The maximum Gasteiger partial charge on any atom is 0.309 e. The van der Waals surface area contributed by atoms with Crippen molar-refractivity contribution in [3.05, 3.63) is 66.7 Å². The van der Waals surface area contributed by atoms with Crippen molar-refractivity contribution in [2.24, 2.45) is 0 Å². The Hall–Kier alpha value is -2.56. The second-order valence-electron chi connectivity index (χ2n) is 8.34. The Morgan fingerprint density at radius 1 is 0.857 bits per heavy atom. The molecule has 1 N–H and O–H groups in total. The number of aliphatic hydroxyl groups is 1. The number of benzene rings is 3. The summed E-state index contributed by atoms with van der Waals surface area (Å²) in [5, 5.41) is 12.6. The lowest BCUT2D eigenvalue weighted by Gasteiger charge is -2.37. The third-order valence-electron chi connectivity index (χ3n) is 5.72. The Balaban J connectivity index is 1.70. The van der Waals surface area contributed by atoms with Crippen molar-refractivity contribution < 1.29 is 14.2 Å². The van der Waals surface area contributed by atoms with Crippen LogP contribution >= 0.6 is 0 Å². The van der Waals surface area contributed by atoms with E-state index in [2.05, 4.69) is 36.4 Å². The molecule has 0 radical (unpaired) electrons. The Morgan fingerprint density at radius 3 is 2.36 bits per heavy atom. The van der Waals surface area contributed by atoms with E-state index in [1.807, 2.05) is 44.2 Å². The molecular formula is C24H25BO3. The molecular weight excluding hydrogens is 347 g/mol. The van der Waals surface area contributed by atoms with Crippen molar-refractivity contribution in [2.45, 2.75) is 38.9 Å². The Kier molecular flexibility index (Phi) is 4.57. The van der Waals surface area contributed by atoms with Gasteiger partial charge in [-0.15, -0.1) is 0 Å². The van der Waals surface area contributed by atoms with E-state index in [4.69, 9.17) is 9.07 Å². The number of hydrogen-bond acceptors (Lipinski definition) is 3. The molecule has 0 spiro atoms. The van der Waals surface area contributed by atoms with Crippen molar-refractivity contribution in [2.75, 3.05) is 0 Å². The Labute approximate surface area is 166 Å². The first kappa shape index (κ1) is 18.8. The van der Waals surface area contributed by atoms with E-state index in [0.29, 0.717) is 7.48 Å². The highest BCUT2D eigenvalue weighted by atomic mass is 16.5. The van der Waals surface area contributed by atoms with Gasteiger partial charge in [0.15, 0.2) is 0 Å². The van der Waals surface area contributed by atoms with Gasteiger partial charge >= 0.3 is 7.48 Å². The SMILES string of the molecule is CC(C)(O)C(C)(C)OBc1cccc(-c2cccc3c2oc2ccccc23)c1. The van der Waals surface area contributed by atoms with Crippen LogP contribution in [0.5, 0.6) is 0 Å². The average molecular weight is 372 g/mol. The number of rotatable bonds is 5. The fourth-order valence-electron chi connectivity index (χ4n) is 3.24. The van der Waals surface area contributed by atoms with Gasteiger partial charge in [0.1, 0.15) is 11.2 Å². The van der Waals surface area contributed by atoms with Crippen LogP contribution in [0, 0.1) is 0 Å². The average Bonchev–Trinajstić information content (AvgIpc) is 3.04. The molecule has 0 unspecified atom stereocenters. The molecule has 0 aliphatic rings. The van der Waals surface area contributed by atoms with E-state index < -0.39 is 11.2 Å². The van der Waals surface area contributed by atoms with E-state index in [9.17, 15) is 5.11 Å². The summed E-state index contributed by atoms with van der Waals surface area (Å²) in [6.45, 7) is 7.36. The van der Waals surface area contributed by atoms with Crippen molar-refractivity contribution in [1.29, 1.82) is 0 Å². The quantitative estimate of drug-likeness (QED) is 0.512. The molecule has 1 heterocycles. The van der Waals surface area contributed by atoms with Crippen LogP contribution in [0.1, 0.15) is 27.7 Å². The number of hydrogen-bond donors (Lipinski definition) is 1. The van der Waals surface area contributed by atoms with Gasteiger partial charge in [0.2, 0.25) is 0 Å². The van der Waals surface area contributed by atoms with Crippen LogP contribution in [0.25, 0.3) is 33.1 Å². The first-order valence-corrected chi connectivity index (χ1v) is 9.62. The highest BCUT2D eigenvalue weighted by Gasteiger charge is 2.35. The van der Waals surface area contributed by atoms with Gasteiger partial charge in [-0.25, -0.2) is 0 Å². The van der Waals surface area contributed by atoms with Gasteiger partial charge < -0.3 is 14.2 Å². The van der Waals surface area contributed by atoms with Gasteiger partial charge in [-0.05, 0) is 39.3 Å². The maximum atomic E-state index is 10.3. The maximum absolute atomic E-state index is 10.3. The zero-order valence-electron chi connectivity index (χ0n) is 16.8. The molecule has 4 rings (SSSR count). The standard InChI is InChI=1S/C24H25BO3/c1-23(2,26)24(3,4)28-25-17-10-7-9-16(15-17)18-12-8-13-20-19-11-5-6-14-21(19)27-22(18)20/h5-15,25-26H,1-4H3. The van der Waals surface area contributed by atoms with Gasteiger partial charge in [-0.2, -0.15) is 0 Å². The highest BCUT2D eigenvalue weighted by molar-refractivity contribution is 6.47. The van der Waals surface area contributed by atoms with Crippen molar-refractivity contribution in [1.82, 2.24) is 0 Å². The third kappa shape index (κ3) is 3.34. The van der Waals surface area contributed by atoms with E-state index >= 15 is 0 Å². The molecule has 1 aromatic heterocycles. The lowest BCUT2D eigenvalue weighted by atomic mass is 9.81. The molecule has 4 aromatic rings. The third-order valence-corrected chi connectivity index (χ3v) is 5.72. The topological polar surface area (TPSA) is 42.6 Å². The van der Waals surface area contributed by atoms with E-state index in [0.717, 1.165) is 38.5 Å². The zero-order valence-corrected chi connectivity index (χ0v) is 16.8. The largest absolute Gasteiger partial charge is 0.455 e. The summed E-state index contributed by atoms with van der Waals surface area (Å²) in [6, 6.07) is 22.7. The lowest BCUT2D eigenvalue weighted by molar-refractivity contribution is -0.0893. The van der Waals surface area contributed by atoms with Crippen LogP contribution in [-0.2, 0) is 4.65 Å². The molecule has 0 atom stereocenters. The normalized spacial score (nSPS) is 12.6. The van der Waals surface area contributed by atoms with Crippen LogP contribution < -0.4 is 5.46 Å². The lowest BCUT2D eigenvalue weighted by Crippen LogP contribution is -2.49. The fraction of sp³-hybridized carbons (Fsp3) is 0.250. The first-order valence-electron chi connectivity index (χ1n) is 9.62. The molecule has 28 heavy (non-hydrogen) atoms. The minimum Gasteiger partial charge on any atom is -0.455 e. The number of furan rings is 1. The van der Waals surface area contributed by atoms with Crippen LogP contribution in [0.15, 0.2) is 71.1 Å². The summed E-state index contributed by atoms with van der Waals surface area (Å²) in [4.78, 5) is 0. The molecule has 142 valence electrons.